The Hall–Kier alpha value is -0.370. The lowest BCUT2D eigenvalue weighted by Gasteiger charge is -2.34. The number of hydrogen-bond acceptors (Lipinski definition) is 2. The maximum Gasteiger partial charge on any atom is 0.0116 e. The van der Waals surface area contributed by atoms with E-state index >= 15 is 0 Å². The van der Waals surface area contributed by atoms with E-state index in [1.54, 1.807) is 11.9 Å². The molecule has 0 fully saturated rings. The van der Waals surface area contributed by atoms with E-state index in [1.165, 1.54) is 11.1 Å². The number of rotatable bonds is 0. The predicted molar refractivity (Wildman–Crippen MR) is 65.8 cm³/mol. The van der Waals surface area contributed by atoms with Crippen LogP contribution in [0, 0.1) is 10.8 Å². The zero-order chi connectivity index (χ0) is 11.0. The van der Waals surface area contributed by atoms with Crippen LogP contribution in [0.5, 0.6) is 0 Å². The molecule has 14 heavy (non-hydrogen) atoms. The standard InChI is InChI=1S/C12H21NS/c1-11(2,3)9-7-13-14-8-10(9)12(4,5)6/h7-8,13H,1-6H3. The Balaban J connectivity index is 3.06. The second kappa shape index (κ2) is 3.65. The van der Waals surface area contributed by atoms with E-state index in [0.717, 1.165) is 0 Å². The first-order chi connectivity index (χ1) is 6.23. The Kier molecular flexibility index (Phi) is 3.05. The highest BCUT2D eigenvalue weighted by Gasteiger charge is 2.29. The van der Waals surface area contributed by atoms with Crippen LogP contribution in [-0.4, -0.2) is 0 Å². The molecule has 80 valence electrons. The molecule has 0 aromatic carbocycles. The number of hydrogen-bond donors (Lipinski definition) is 1. The Bertz CT molecular complexity index is 244. The van der Waals surface area contributed by atoms with Crippen molar-refractivity contribution in [2.24, 2.45) is 10.8 Å². The first-order valence-corrected chi connectivity index (χ1v) is 5.94. The second-order valence-electron chi connectivity index (χ2n) is 5.83. The summed E-state index contributed by atoms with van der Waals surface area (Å²) < 4.78 is 3.22. The van der Waals surface area contributed by atoms with Crippen LogP contribution in [0.25, 0.3) is 0 Å². The van der Waals surface area contributed by atoms with Crippen LogP contribution in [0.15, 0.2) is 22.8 Å². The Morgan fingerprint density at radius 3 is 1.79 bits per heavy atom. The molecule has 0 aromatic heterocycles. The van der Waals surface area contributed by atoms with Gasteiger partial charge >= 0.3 is 0 Å². The lowest BCUT2D eigenvalue weighted by Crippen LogP contribution is -2.23. The summed E-state index contributed by atoms with van der Waals surface area (Å²) in [4.78, 5) is 0. The molecular formula is C12H21NS. The van der Waals surface area contributed by atoms with E-state index in [4.69, 9.17) is 0 Å². The molecule has 0 aromatic rings. The van der Waals surface area contributed by atoms with Crippen LogP contribution in [0.1, 0.15) is 41.5 Å². The average molecular weight is 211 g/mol. The summed E-state index contributed by atoms with van der Waals surface area (Å²) in [6, 6.07) is 0. The van der Waals surface area contributed by atoms with Crippen LogP contribution in [0.4, 0.5) is 0 Å². The van der Waals surface area contributed by atoms with E-state index in [-0.39, 0.29) is 10.8 Å². The van der Waals surface area contributed by atoms with E-state index in [2.05, 4.69) is 57.9 Å². The summed E-state index contributed by atoms with van der Waals surface area (Å²) in [7, 11) is 0. The van der Waals surface area contributed by atoms with Gasteiger partial charge in [0.05, 0.1) is 0 Å². The molecule has 1 aliphatic rings. The molecule has 0 atom stereocenters. The monoisotopic (exact) mass is 211 g/mol. The largest absolute Gasteiger partial charge is 0.333 e. The fourth-order valence-electron chi connectivity index (χ4n) is 1.53. The van der Waals surface area contributed by atoms with Gasteiger partial charge in [-0.2, -0.15) is 0 Å². The minimum absolute atomic E-state index is 0.215. The minimum atomic E-state index is 0.215. The SMILES string of the molecule is CC(C)(C)C1=CNSC=C1C(C)(C)C. The van der Waals surface area contributed by atoms with Gasteiger partial charge in [0.2, 0.25) is 0 Å². The molecule has 1 heterocycles. The minimum Gasteiger partial charge on any atom is -0.333 e. The van der Waals surface area contributed by atoms with Crippen LogP contribution >= 0.6 is 11.9 Å². The molecule has 0 saturated heterocycles. The topological polar surface area (TPSA) is 12.0 Å². The van der Waals surface area contributed by atoms with Crippen molar-refractivity contribution >= 4 is 11.9 Å². The summed E-state index contributed by atoms with van der Waals surface area (Å²) >= 11 is 1.66. The molecule has 0 bridgehead atoms. The fraction of sp³-hybridized carbons (Fsp3) is 0.667. The highest BCUT2D eigenvalue weighted by molar-refractivity contribution is 8.00. The number of allylic oxidation sites excluding steroid dienone is 2. The van der Waals surface area contributed by atoms with Crippen molar-refractivity contribution in [2.45, 2.75) is 41.5 Å². The van der Waals surface area contributed by atoms with E-state index in [9.17, 15) is 0 Å². The Labute approximate surface area is 92.2 Å². The zero-order valence-corrected chi connectivity index (χ0v) is 10.9. The van der Waals surface area contributed by atoms with Gasteiger partial charge in [-0.3, -0.25) is 0 Å². The zero-order valence-electron chi connectivity index (χ0n) is 10.1. The smallest absolute Gasteiger partial charge is 0.0116 e. The van der Waals surface area contributed by atoms with Gasteiger partial charge in [-0.25, -0.2) is 0 Å². The van der Waals surface area contributed by atoms with Crippen LogP contribution in [0.2, 0.25) is 0 Å². The van der Waals surface area contributed by atoms with Crippen molar-refractivity contribution in [2.75, 3.05) is 0 Å². The lowest BCUT2D eigenvalue weighted by atomic mass is 9.73. The molecule has 1 rings (SSSR count). The molecule has 0 radical (unpaired) electrons. The first-order valence-electron chi connectivity index (χ1n) is 5.06. The van der Waals surface area contributed by atoms with Crippen molar-refractivity contribution in [3.8, 4) is 0 Å². The van der Waals surface area contributed by atoms with Crippen molar-refractivity contribution in [3.63, 3.8) is 0 Å². The van der Waals surface area contributed by atoms with Gasteiger partial charge in [0.1, 0.15) is 0 Å². The Morgan fingerprint density at radius 1 is 0.929 bits per heavy atom. The van der Waals surface area contributed by atoms with Gasteiger partial charge in [-0.1, -0.05) is 41.5 Å². The van der Waals surface area contributed by atoms with Crippen molar-refractivity contribution in [1.29, 1.82) is 0 Å². The molecule has 1 aliphatic heterocycles. The summed E-state index contributed by atoms with van der Waals surface area (Å²) in [5.74, 6) is 0. The molecule has 0 unspecified atom stereocenters. The van der Waals surface area contributed by atoms with Crippen molar-refractivity contribution < 1.29 is 0 Å². The third-order valence-corrected chi connectivity index (χ3v) is 2.96. The fourth-order valence-corrected chi connectivity index (χ4v) is 2.38. The van der Waals surface area contributed by atoms with Gasteiger partial charge in [0.25, 0.3) is 0 Å². The van der Waals surface area contributed by atoms with E-state index in [1.807, 2.05) is 0 Å². The van der Waals surface area contributed by atoms with Gasteiger partial charge in [0.15, 0.2) is 0 Å². The predicted octanol–water partition coefficient (Wildman–Crippen LogP) is 4.10. The maximum atomic E-state index is 3.22. The normalized spacial score (nSPS) is 18.4. The molecule has 0 amide bonds. The molecule has 1 N–H and O–H groups in total. The van der Waals surface area contributed by atoms with E-state index < -0.39 is 0 Å². The van der Waals surface area contributed by atoms with Gasteiger partial charge in [-0.15, -0.1) is 0 Å². The molecule has 0 spiro atoms. The van der Waals surface area contributed by atoms with Crippen LogP contribution in [0.3, 0.4) is 0 Å². The quantitative estimate of drug-likeness (QED) is 0.605. The average Bonchev–Trinajstić information content (AvgIpc) is 2.01. The molecule has 2 heteroatoms. The molecular weight excluding hydrogens is 190 g/mol. The first kappa shape index (κ1) is 11.7. The molecule has 1 nitrogen and oxygen atoms in total. The van der Waals surface area contributed by atoms with Crippen LogP contribution < -0.4 is 4.72 Å². The van der Waals surface area contributed by atoms with Gasteiger partial charge in [-0.05, 0) is 39.3 Å². The van der Waals surface area contributed by atoms with Crippen LogP contribution in [-0.2, 0) is 0 Å². The third kappa shape index (κ3) is 2.57. The highest BCUT2D eigenvalue weighted by Crippen LogP contribution is 2.42. The molecule has 0 saturated carbocycles. The van der Waals surface area contributed by atoms with E-state index in [0.29, 0.717) is 0 Å². The summed E-state index contributed by atoms with van der Waals surface area (Å²) in [5.41, 5.74) is 3.32. The highest BCUT2D eigenvalue weighted by atomic mass is 32.2. The number of nitrogens with one attached hydrogen (secondary N) is 1. The lowest BCUT2D eigenvalue weighted by molar-refractivity contribution is 0.444. The summed E-state index contributed by atoms with van der Waals surface area (Å²) in [6.07, 6.45) is 2.14. The summed E-state index contributed by atoms with van der Waals surface area (Å²) in [6.45, 7) is 13.6. The maximum absolute atomic E-state index is 3.22. The van der Waals surface area contributed by atoms with Gasteiger partial charge in [0, 0.05) is 6.20 Å². The van der Waals surface area contributed by atoms with Gasteiger partial charge < -0.3 is 4.72 Å². The molecule has 0 aliphatic carbocycles. The second-order valence-corrected chi connectivity index (χ2v) is 6.53. The van der Waals surface area contributed by atoms with Crippen molar-refractivity contribution in [1.82, 2.24) is 4.72 Å². The summed E-state index contributed by atoms with van der Waals surface area (Å²) in [5, 5.41) is 2.24. The Morgan fingerprint density at radius 2 is 1.43 bits per heavy atom. The van der Waals surface area contributed by atoms with Crippen molar-refractivity contribution in [3.05, 3.63) is 22.8 Å². The third-order valence-electron chi connectivity index (χ3n) is 2.35.